The Kier molecular flexibility index (Phi) is 6.29. The van der Waals surface area contributed by atoms with Crippen molar-refractivity contribution in [2.24, 2.45) is 0 Å². The molecule has 1 aromatic heterocycles. The summed E-state index contributed by atoms with van der Waals surface area (Å²) in [4.78, 5) is 15.9. The first-order valence-corrected chi connectivity index (χ1v) is 9.13. The number of hydrogen-bond donors (Lipinski definition) is 2. The highest BCUT2D eigenvalue weighted by Gasteiger charge is 2.09. The van der Waals surface area contributed by atoms with E-state index in [0.717, 1.165) is 16.7 Å². The number of hydrogen-bond acceptors (Lipinski definition) is 3. The third-order valence-electron chi connectivity index (χ3n) is 3.43. The zero-order chi connectivity index (χ0) is 16.7. The number of carbonyl (C=O) groups is 1. The van der Waals surface area contributed by atoms with Crippen molar-refractivity contribution < 1.29 is 9.00 Å². The van der Waals surface area contributed by atoms with E-state index in [4.69, 9.17) is 0 Å². The monoisotopic (exact) mass is 331 g/mol. The molecule has 5 nitrogen and oxygen atoms in total. The van der Waals surface area contributed by atoms with Crippen molar-refractivity contribution in [2.45, 2.75) is 13.0 Å². The molecule has 0 aliphatic carbocycles. The van der Waals surface area contributed by atoms with Crippen LogP contribution in [0.1, 0.15) is 18.5 Å². The minimum absolute atomic E-state index is 0.106. The molecule has 2 rings (SSSR count). The van der Waals surface area contributed by atoms with E-state index in [9.17, 15) is 9.00 Å². The Hall–Kier alpha value is -2.21. The molecule has 2 atom stereocenters. The highest BCUT2D eigenvalue weighted by atomic mass is 32.2. The highest BCUT2D eigenvalue weighted by Crippen LogP contribution is 2.21. The fourth-order valence-corrected chi connectivity index (χ4v) is 2.53. The Bertz CT molecular complexity index is 659. The zero-order valence-electron chi connectivity index (χ0n) is 13.3. The fraction of sp³-hybridized carbons (Fsp3) is 0.294. The molecule has 0 aliphatic rings. The molecule has 1 heterocycles. The summed E-state index contributed by atoms with van der Waals surface area (Å²) in [5.74, 6) is 0.460. The summed E-state index contributed by atoms with van der Waals surface area (Å²) in [6, 6.07) is 11.6. The van der Waals surface area contributed by atoms with Gasteiger partial charge in [-0.2, -0.15) is 0 Å². The Morgan fingerprint density at radius 3 is 2.57 bits per heavy atom. The maximum Gasteiger partial charge on any atom is 0.315 e. The molecule has 0 fully saturated rings. The molecular formula is C17H21N3O2S. The Balaban J connectivity index is 1.91. The van der Waals surface area contributed by atoms with Crippen LogP contribution in [0.2, 0.25) is 0 Å². The summed E-state index contributed by atoms with van der Waals surface area (Å²) in [6.45, 7) is 2.33. The van der Waals surface area contributed by atoms with Crippen LogP contribution in [0.5, 0.6) is 0 Å². The summed E-state index contributed by atoms with van der Waals surface area (Å²) >= 11 is 0. The number of pyridine rings is 1. The van der Waals surface area contributed by atoms with E-state index >= 15 is 0 Å². The predicted octanol–water partition coefficient (Wildman–Crippen LogP) is 2.49. The number of benzene rings is 1. The number of aromatic nitrogens is 1. The van der Waals surface area contributed by atoms with Crippen molar-refractivity contribution in [3.63, 3.8) is 0 Å². The first-order chi connectivity index (χ1) is 11.1. The van der Waals surface area contributed by atoms with E-state index in [1.165, 1.54) is 0 Å². The number of amides is 2. The van der Waals surface area contributed by atoms with Crippen molar-refractivity contribution in [1.29, 1.82) is 0 Å². The number of carbonyl (C=O) groups excluding carboxylic acids is 1. The lowest BCUT2D eigenvalue weighted by Crippen LogP contribution is -2.38. The van der Waals surface area contributed by atoms with Crippen LogP contribution >= 0.6 is 0 Å². The van der Waals surface area contributed by atoms with E-state index < -0.39 is 10.8 Å². The molecule has 0 spiro atoms. The second-order valence-corrected chi connectivity index (χ2v) is 6.82. The van der Waals surface area contributed by atoms with Crippen LogP contribution in [-0.4, -0.2) is 33.8 Å². The van der Waals surface area contributed by atoms with Gasteiger partial charge >= 0.3 is 6.03 Å². The first-order valence-electron chi connectivity index (χ1n) is 7.41. The predicted molar refractivity (Wildman–Crippen MR) is 93.6 cm³/mol. The lowest BCUT2D eigenvalue weighted by molar-refractivity contribution is 0.238. The number of nitrogens with one attached hydrogen (secondary N) is 2. The average molecular weight is 331 g/mol. The molecule has 2 N–H and O–H groups in total. The van der Waals surface area contributed by atoms with Crippen LogP contribution in [0.25, 0.3) is 11.1 Å². The summed E-state index contributed by atoms with van der Waals surface area (Å²) in [5.41, 5.74) is 3.17. The van der Waals surface area contributed by atoms with E-state index in [0.29, 0.717) is 12.3 Å². The molecule has 0 bridgehead atoms. The lowest BCUT2D eigenvalue weighted by atomic mass is 10.0. The van der Waals surface area contributed by atoms with Gasteiger partial charge in [-0.3, -0.25) is 9.19 Å². The molecule has 1 aromatic carbocycles. The maximum atomic E-state index is 11.8. The van der Waals surface area contributed by atoms with Gasteiger partial charge in [0.05, 0.1) is 6.04 Å². The molecule has 6 heteroatoms. The van der Waals surface area contributed by atoms with Crippen molar-refractivity contribution in [3.05, 3.63) is 54.4 Å². The Labute approximate surface area is 139 Å². The van der Waals surface area contributed by atoms with Gasteiger partial charge in [-0.1, -0.05) is 30.3 Å². The SMILES string of the molecule is C[C@@H](NC(=O)NCC[S@@](C)=O)c1ccc(-c2cccnc2)cc1. The van der Waals surface area contributed by atoms with E-state index in [-0.39, 0.29) is 12.1 Å². The van der Waals surface area contributed by atoms with Crippen LogP contribution in [0.15, 0.2) is 48.8 Å². The van der Waals surface area contributed by atoms with Crippen molar-refractivity contribution >= 4 is 16.8 Å². The smallest absolute Gasteiger partial charge is 0.315 e. The maximum absolute atomic E-state index is 11.8. The van der Waals surface area contributed by atoms with Gasteiger partial charge < -0.3 is 10.6 Å². The van der Waals surface area contributed by atoms with Crippen LogP contribution in [0, 0.1) is 0 Å². The lowest BCUT2D eigenvalue weighted by Gasteiger charge is -2.15. The number of nitrogens with zero attached hydrogens (tertiary/aromatic N) is 1. The van der Waals surface area contributed by atoms with Crippen molar-refractivity contribution in [2.75, 3.05) is 18.6 Å². The normalized spacial score (nSPS) is 13.1. The van der Waals surface area contributed by atoms with Gasteiger partial charge in [0.25, 0.3) is 0 Å². The van der Waals surface area contributed by atoms with Gasteiger partial charge in [-0.25, -0.2) is 4.79 Å². The topological polar surface area (TPSA) is 71.1 Å². The minimum Gasteiger partial charge on any atom is -0.337 e. The van der Waals surface area contributed by atoms with Crippen LogP contribution in [-0.2, 0) is 10.8 Å². The highest BCUT2D eigenvalue weighted by molar-refractivity contribution is 7.84. The molecule has 2 aromatic rings. The second-order valence-electron chi connectivity index (χ2n) is 5.26. The van der Waals surface area contributed by atoms with Gasteiger partial charge in [0.15, 0.2) is 0 Å². The molecule has 23 heavy (non-hydrogen) atoms. The molecule has 0 radical (unpaired) electrons. The number of rotatable bonds is 6. The van der Waals surface area contributed by atoms with Gasteiger partial charge in [0, 0.05) is 41.7 Å². The minimum atomic E-state index is -0.899. The number of urea groups is 1. The quantitative estimate of drug-likeness (QED) is 0.854. The molecule has 0 saturated heterocycles. The van der Waals surface area contributed by atoms with Gasteiger partial charge in [-0.15, -0.1) is 0 Å². The van der Waals surface area contributed by atoms with E-state index in [2.05, 4.69) is 15.6 Å². The summed E-state index contributed by atoms with van der Waals surface area (Å²) in [5, 5.41) is 5.57. The zero-order valence-corrected chi connectivity index (χ0v) is 14.1. The standard InChI is InChI=1S/C17H21N3O2S/c1-13(20-17(21)19-10-11-23(2)22)14-5-7-15(8-6-14)16-4-3-9-18-12-16/h3-9,12-13H,10-11H2,1-2H3,(H2,19,20,21)/t13-,23-/m1/s1. The summed E-state index contributed by atoms with van der Waals surface area (Å²) < 4.78 is 11.0. The second kappa shape index (κ2) is 8.43. The Morgan fingerprint density at radius 1 is 1.22 bits per heavy atom. The Morgan fingerprint density at radius 2 is 1.96 bits per heavy atom. The third-order valence-corrected chi connectivity index (χ3v) is 4.21. The molecule has 2 amide bonds. The molecule has 122 valence electrons. The van der Waals surface area contributed by atoms with Crippen LogP contribution in [0.3, 0.4) is 0 Å². The molecule has 0 saturated carbocycles. The van der Waals surface area contributed by atoms with Crippen molar-refractivity contribution in [1.82, 2.24) is 15.6 Å². The van der Waals surface area contributed by atoms with Crippen molar-refractivity contribution in [3.8, 4) is 11.1 Å². The van der Waals surface area contributed by atoms with Gasteiger partial charge in [0.1, 0.15) is 0 Å². The van der Waals surface area contributed by atoms with E-state index in [1.807, 2.05) is 49.5 Å². The third kappa shape index (κ3) is 5.49. The van der Waals surface area contributed by atoms with Crippen LogP contribution < -0.4 is 10.6 Å². The molecule has 0 unspecified atom stereocenters. The largest absolute Gasteiger partial charge is 0.337 e. The van der Waals surface area contributed by atoms with Crippen LogP contribution in [0.4, 0.5) is 4.79 Å². The first kappa shape index (κ1) is 17.1. The molecular weight excluding hydrogens is 310 g/mol. The fourth-order valence-electron chi connectivity index (χ4n) is 2.14. The molecule has 0 aliphatic heterocycles. The summed E-state index contributed by atoms with van der Waals surface area (Å²) in [7, 11) is -0.899. The summed E-state index contributed by atoms with van der Waals surface area (Å²) in [6.07, 6.45) is 5.18. The van der Waals surface area contributed by atoms with E-state index in [1.54, 1.807) is 12.5 Å². The van der Waals surface area contributed by atoms with Gasteiger partial charge in [0.2, 0.25) is 0 Å². The van der Waals surface area contributed by atoms with Gasteiger partial charge in [-0.05, 0) is 29.7 Å². The average Bonchev–Trinajstić information content (AvgIpc) is 2.55.